The average molecular weight is 280 g/mol. The number of benzene rings is 1. The maximum Gasteiger partial charge on any atom is 0.241 e. The normalized spacial score (nSPS) is 17.8. The van der Waals surface area contributed by atoms with Crippen molar-refractivity contribution in [3.8, 4) is 11.5 Å². The van der Waals surface area contributed by atoms with Crippen molar-refractivity contribution in [2.45, 2.75) is 18.9 Å². The topological polar surface area (TPSA) is 79.8 Å². The van der Waals surface area contributed by atoms with Gasteiger partial charge in [-0.05, 0) is 31.5 Å². The largest absolute Gasteiger partial charge is 0.493 e. The third-order valence-corrected chi connectivity index (χ3v) is 3.16. The Morgan fingerprint density at radius 1 is 1.50 bits per heavy atom. The van der Waals surface area contributed by atoms with Crippen LogP contribution in [-0.2, 0) is 4.79 Å². The fraction of sp³-hybridized carbons (Fsp3) is 0.500. The van der Waals surface area contributed by atoms with E-state index in [9.17, 15) is 4.79 Å². The first-order valence-corrected chi connectivity index (χ1v) is 6.70. The summed E-state index contributed by atoms with van der Waals surface area (Å²) < 4.78 is 10.6. The van der Waals surface area contributed by atoms with E-state index in [2.05, 4.69) is 10.6 Å². The van der Waals surface area contributed by atoms with Gasteiger partial charge in [0, 0.05) is 11.8 Å². The number of carbonyl (C=O) groups is 1. The number of aliphatic hydroxyl groups excluding tert-OH is 1. The van der Waals surface area contributed by atoms with Gasteiger partial charge in [0.2, 0.25) is 5.91 Å². The molecule has 6 heteroatoms. The molecular formula is C14H20N2O4. The van der Waals surface area contributed by atoms with E-state index in [1.807, 2.05) is 0 Å². The molecule has 1 amide bonds. The third-order valence-electron chi connectivity index (χ3n) is 3.16. The highest BCUT2D eigenvalue weighted by atomic mass is 16.5. The lowest BCUT2D eigenvalue weighted by Crippen LogP contribution is -2.35. The maximum absolute atomic E-state index is 12.0. The van der Waals surface area contributed by atoms with E-state index in [1.165, 1.54) is 0 Å². The smallest absolute Gasteiger partial charge is 0.241 e. The SMILES string of the molecule is COc1ccc(NC(=O)[C@H]2CCCN2)cc1OCCO. The van der Waals surface area contributed by atoms with Crippen molar-refractivity contribution in [1.82, 2.24) is 5.32 Å². The van der Waals surface area contributed by atoms with Gasteiger partial charge in [0.1, 0.15) is 6.61 Å². The summed E-state index contributed by atoms with van der Waals surface area (Å²) in [5.41, 5.74) is 0.650. The molecule has 1 aromatic carbocycles. The molecule has 1 aliphatic heterocycles. The van der Waals surface area contributed by atoms with Gasteiger partial charge in [0.25, 0.3) is 0 Å². The second kappa shape index (κ2) is 7.12. The summed E-state index contributed by atoms with van der Waals surface area (Å²) in [6.45, 7) is 0.981. The molecule has 6 nitrogen and oxygen atoms in total. The summed E-state index contributed by atoms with van der Waals surface area (Å²) in [7, 11) is 1.54. The Labute approximate surface area is 118 Å². The molecular weight excluding hydrogens is 260 g/mol. The molecule has 1 heterocycles. The number of ether oxygens (including phenoxy) is 2. The first-order chi connectivity index (χ1) is 9.74. The molecule has 0 saturated carbocycles. The average Bonchev–Trinajstić information content (AvgIpc) is 2.99. The number of nitrogens with one attached hydrogen (secondary N) is 2. The van der Waals surface area contributed by atoms with Gasteiger partial charge in [-0.2, -0.15) is 0 Å². The number of aliphatic hydroxyl groups is 1. The highest BCUT2D eigenvalue weighted by molar-refractivity contribution is 5.95. The Kier molecular flexibility index (Phi) is 5.20. The van der Waals surface area contributed by atoms with E-state index in [4.69, 9.17) is 14.6 Å². The lowest BCUT2D eigenvalue weighted by atomic mass is 10.2. The summed E-state index contributed by atoms with van der Waals surface area (Å²) in [6, 6.07) is 5.06. The van der Waals surface area contributed by atoms with Crippen LogP contribution in [0.4, 0.5) is 5.69 Å². The Bertz CT molecular complexity index is 458. The second-order valence-electron chi connectivity index (χ2n) is 4.58. The Hall–Kier alpha value is -1.79. The Balaban J connectivity index is 2.05. The van der Waals surface area contributed by atoms with Crippen LogP contribution in [0.3, 0.4) is 0 Å². The zero-order chi connectivity index (χ0) is 14.4. The molecule has 0 spiro atoms. The van der Waals surface area contributed by atoms with Crippen LogP contribution in [0.2, 0.25) is 0 Å². The molecule has 0 bridgehead atoms. The number of amides is 1. The van der Waals surface area contributed by atoms with E-state index in [0.717, 1.165) is 19.4 Å². The van der Waals surface area contributed by atoms with E-state index in [1.54, 1.807) is 25.3 Å². The molecule has 1 atom stereocenters. The molecule has 20 heavy (non-hydrogen) atoms. The molecule has 1 fully saturated rings. The minimum Gasteiger partial charge on any atom is -0.493 e. The molecule has 1 aromatic rings. The molecule has 0 aliphatic carbocycles. The van der Waals surface area contributed by atoms with Crippen molar-refractivity contribution >= 4 is 11.6 Å². The van der Waals surface area contributed by atoms with E-state index in [0.29, 0.717) is 17.2 Å². The van der Waals surface area contributed by atoms with Crippen LogP contribution >= 0.6 is 0 Å². The number of carbonyl (C=O) groups excluding carboxylic acids is 1. The van der Waals surface area contributed by atoms with Crippen LogP contribution in [0.25, 0.3) is 0 Å². The minimum atomic E-state index is -0.126. The summed E-state index contributed by atoms with van der Waals surface area (Å²) >= 11 is 0. The van der Waals surface area contributed by atoms with E-state index < -0.39 is 0 Å². The summed E-state index contributed by atoms with van der Waals surface area (Å²) in [6.07, 6.45) is 1.88. The lowest BCUT2D eigenvalue weighted by Gasteiger charge is -2.14. The second-order valence-corrected chi connectivity index (χ2v) is 4.58. The van der Waals surface area contributed by atoms with E-state index >= 15 is 0 Å². The van der Waals surface area contributed by atoms with E-state index in [-0.39, 0.29) is 25.2 Å². The Morgan fingerprint density at radius 2 is 2.35 bits per heavy atom. The van der Waals surface area contributed by atoms with Gasteiger partial charge in [-0.25, -0.2) is 0 Å². The fourth-order valence-corrected chi connectivity index (χ4v) is 2.16. The molecule has 0 radical (unpaired) electrons. The molecule has 1 aliphatic rings. The molecule has 1 saturated heterocycles. The third kappa shape index (κ3) is 3.61. The standard InChI is InChI=1S/C14H20N2O4/c1-19-12-5-4-10(9-13(12)20-8-7-17)16-14(18)11-3-2-6-15-11/h4-5,9,11,15,17H,2-3,6-8H2,1H3,(H,16,18)/t11-/m1/s1. The van der Waals surface area contributed by atoms with Gasteiger partial charge in [-0.1, -0.05) is 0 Å². The lowest BCUT2D eigenvalue weighted by molar-refractivity contribution is -0.117. The highest BCUT2D eigenvalue weighted by Gasteiger charge is 2.22. The molecule has 0 unspecified atom stereocenters. The highest BCUT2D eigenvalue weighted by Crippen LogP contribution is 2.30. The van der Waals surface area contributed by atoms with Gasteiger partial charge in [0.15, 0.2) is 11.5 Å². The van der Waals surface area contributed by atoms with Crippen LogP contribution < -0.4 is 20.1 Å². The summed E-state index contributed by atoms with van der Waals surface area (Å²) in [5, 5.41) is 14.8. The van der Waals surface area contributed by atoms with Crippen LogP contribution in [0, 0.1) is 0 Å². The maximum atomic E-state index is 12.0. The van der Waals surface area contributed by atoms with Gasteiger partial charge < -0.3 is 25.2 Å². The van der Waals surface area contributed by atoms with Gasteiger partial charge in [-0.15, -0.1) is 0 Å². The molecule has 0 aromatic heterocycles. The quantitative estimate of drug-likeness (QED) is 0.717. The molecule has 110 valence electrons. The number of hydrogen-bond donors (Lipinski definition) is 3. The van der Waals surface area contributed by atoms with Crippen molar-refractivity contribution < 1.29 is 19.4 Å². The number of methoxy groups -OCH3 is 1. The molecule has 3 N–H and O–H groups in total. The van der Waals surface area contributed by atoms with Crippen molar-refractivity contribution in [3.63, 3.8) is 0 Å². The number of anilines is 1. The van der Waals surface area contributed by atoms with Crippen LogP contribution in [0.15, 0.2) is 18.2 Å². The first-order valence-electron chi connectivity index (χ1n) is 6.70. The van der Waals surface area contributed by atoms with Crippen LogP contribution in [0.5, 0.6) is 11.5 Å². The monoisotopic (exact) mass is 280 g/mol. The van der Waals surface area contributed by atoms with Crippen molar-refractivity contribution in [2.75, 3.05) is 32.2 Å². The van der Waals surface area contributed by atoms with Crippen molar-refractivity contribution in [3.05, 3.63) is 18.2 Å². The fourth-order valence-electron chi connectivity index (χ4n) is 2.16. The zero-order valence-electron chi connectivity index (χ0n) is 11.5. The summed E-state index contributed by atoms with van der Waals surface area (Å²) in [4.78, 5) is 12.0. The first kappa shape index (κ1) is 14.6. The zero-order valence-corrected chi connectivity index (χ0v) is 11.5. The number of hydrogen-bond acceptors (Lipinski definition) is 5. The summed E-state index contributed by atoms with van der Waals surface area (Å²) in [5.74, 6) is 1.02. The van der Waals surface area contributed by atoms with Crippen molar-refractivity contribution in [2.24, 2.45) is 0 Å². The minimum absolute atomic E-state index is 0.0409. The van der Waals surface area contributed by atoms with Gasteiger partial charge in [0.05, 0.1) is 19.8 Å². The Morgan fingerprint density at radius 3 is 3.00 bits per heavy atom. The predicted octanol–water partition coefficient (Wildman–Crippen LogP) is 0.757. The van der Waals surface area contributed by atoms with Gasteiger partial charge >= 0.3 is 0 Å². The predicted molar refractivity (Wildman–Crippen MR) is 75.2 cm³/mol. The van der Waals surface area contributed by atoms with Crippen LogP contribution in [0.1, 0.15) is 12.8 Å². The van der Waals surface area contributed by atoms with Gasteiger partial charge in [-0.3, -0.25) is 4.79 Å². The van der Waals surface area contributed by atoms with Crippen molar-refractivity contribution in [1.29, 1.82) is 0 Å². The van der Waals surface area contributed by atoms with Crippen LogP contribution in [-0.4, -0.2) is 43.9 Å². The molecule has 2 rings (SSSR count). The number of rotatable bonds is 6.